The van der Waals surface area contributed by atoms with Gasteiger partial charge in [-0.05, 0) is 12.5 Å². The molecule has 1 aromatic heterocycles. The molecule has 0 radical (unpaired) electrons. The Hall–Kier alpha value is -2.56. The Bertz CT molecular complexity index is 602. The summed E-state index contributed by atoms with van der Waals surface area (Å²) in [5.41, 5.74) is 1.80. The van der Waals surface area contributed by atoms with Crippen molar-refractivity contribution >= 4 is 11.6 Å². The van der Waals surface area contributed by atoms with Crippen molar-refractivity contribution in [3.63, 3.8) is 0 Å². The number of nitrogens with zero attached hydrogens (tertiary/aromatic N) is 1. The molecule has 0 spiro atoms. The molecule has 1 aromatic carbocycles. The molecule has 0 fully saturated rings. The zero-order valence-electron chi connectivity index (χ0n) is 12.4. The molecule has 0 unspecified atom stereocenters. The number of methoxy groups -OCH3 is 2. The second kappa shape index (κ2) is 6.74. The van der Waals surface area contributed by atoms with Crippen molar-refractivity contribution in [1.82, 2.24) is 0 Å². The van der Waals surface area contributed by atoms with E-state index in [1.54, 1.807) is 32.4 Å². The summed E-state index contributed by atoms with van der Waals surface area (Å²) in [5, 5.41) is 2.83. The highest BCUT2D eigenvalue weighted by Gasteiger charge is 2.10. The molecule has 2 aromatic rings. The molecule has 1 amide bonds. The number of pyridine rings is 1. The summed E-state index contributed by atoms with van der Waals surface area (Å²) < 4.78 is 12.2. The maximum Gasteiger partial charge on any atom is 0.290 e. The lowest BCUT2D eigenvalue weighted by Crippen LogP contribution is -2.39. The lowest BCUT2D eigenvalue weighted by Gasteiger charge is -2.09. The van der Waals surface area contributed by atoms with E-state index >= 15 is 0 Å². The lowest BCUT2D eigenvalue weighted by molar-refractivity contribution is -0.684. The van der Waals surface area contributed by atoms with Crippen LogP contribution >= 0.6 is 0 Å². The van der Waals surface area contributed by atoms with Gasteiger partial charge < -0.3 is 14.8 Å². The van der Waals surface area contributed by atoms with Gasteiger partial charge in [0.2, 0.25) is 6.54 Å². The van der Waals surface area contributed by atoms with Crippen LogP contribution in [-0.4, -0.2) is 20.1 Å². The van der Waals surface area contributed by atoms with Gasteiger partial charge in [0.1, 0.15) is 11.5 Å². The Morgan fingerprint density at radius 1 is 1.10 bits per heavy atom. The third-order valence-corrected chi connectivity index (χ3v) is 3.02. The molecule has 0 bridgehead atoms. The molecule has 0 saturated heterocycles. The van der Waals surface area contributed by atoms with Crippen LogP contribution in [0.25, 0.3) is 0 Å². The molecular formula is C16H19N2O3+. The van der Waals surface area contributed by atoms with Gasteiger partial charge in [0.05, 0.1) is 14.2 Å². The highest BCUT2D eigenvalue weighted by Crippen LogP contribution is 2.25. The van der Waals surface area contributed by atoms with Crippen LogP contribution in [0.3, 0.4) is 0 Å². The molecule has 0 saturated carbocycles. The molecule has 1 N–H and O–H groups in total. The van der Waals surface area contributed by atoms with Gasteiger partial charge in [-0.25, -0.2) is 0 Å². The van der Waals surface area contributed by atoms with E-state index < -0.39 is 0 Å². The van der Waals surface area contributed by atoms with Crippen LogP contribution in [0.4, 0.5) is 5.69 Å². The van der Waals surface area contributed by atoms with Crippen molar-refractivity contribution in [2.75, 3.05) is 19.5 Å². The normalized spacial score (nSPS) is 10.0. The SMILES string of the molecule is COc1cc(NC(=O)C[n+]2ccc(C)cc2)cc(OC)c1. The van der Waals surface area contributed by atoms with Crippen LogP contribution in [0.1, 0.15) is 5.56 Å². The van der Waals surface area contributed by atoms with Crippen molar-refractivity contribution in [3.05, 3.63) is 48.3 Å². The Morgan fingerprint density at radius 2 is 1.67 bits per heavy atom. The minimum atomic E-state index is -0.112. The average Bonchev–Trinajstić information content (AvgIpc) is 2.49. The first-order valence-corrected chi connectivity index (χ1v) is 6.59. The fourth-order valence-electron chi connectivity index (χ4n) is 1.88. The summed E-state index contributed by atoms with van der Waals surface area (Å²) in [5.74, 6) is 1.15. The van der Waals surface area contributed by atoms with E-state index in [0.29, 0.717) is 17.2 Å². The van der Waals surface area contributed by atoms with Gasteiger partial charge >= 0.3 is 0 Å². The van der Waals surface area contributed by atoms with Crippen molar-refractivity contribution in [2.24, 2.45) is 0 Å². The Morgan fingerprint density at radius 3 is 2.19 bits per heavy atom. The van der Waals surface area contributed by atoms with Crippen LogP contribution in [-0.2, 0) is 11.3 Å². The number of benzene rings is 1. The fraction of sp³-hybridized carbons (Fsp3) is 0.250. The Kier molecular flexibility index (Phi) is 4.77. The number of hydrogen-bond acceptors (Lipinski definition) is 3. The van der Waals surface area contributed by atoms with Crippen LogP contribution in [0.2, 0.25) is 0 Å². The number of anilines is 1. The first-order valence-electron chi connectivity index (χ1n) is 6.59. The van der Waals surface area contributed by atoms with Gasteiger partial charge in [-0.1, -0.05) is 0 Å². The molecule has 5 heteroatoms. The monoisotopic (exact) mass is 287 g/mol. The number of ether oxygens (including phenoxy) is 2. The number of rotatable bonds is 5. The first kappa shape index (κ1) is 14.8. The van der Waals surface area contributed by atoms with Gasteiger partial charge in [0.15, 0.2) is 12.4 Å². The largest absolute Gasteiger partial charge is 0.497 e. The highest BCUT2D eigenvalue weighted by molar-refractivity contribution is 5.90. The van der Waals surface area contributed by atoms with E-state index in [-0.39, 0.29) is 12.5 Å². The van der Waals surface area contributed by atoms with Gasteiger partial charge in [-0.3, -0.25) is 4.79 Å². The minimum absolute atomic E-state index is 0.112. The van der Waals surface area contributed by atoms with Crippen LogP contribution < -0.4 is 19.4 Å². The minimum Gasteiger partial charge on any atom is -0.497 e. The van der Waals surface area contributed by atoms with E-state index in [2.05, 4.69) is 5.32 Å². The molecule has 110 valence electrons. The van der Waals surface area contributed by atoms with Crippen molar-refractivity contribution < 1.29 is 18.8 Å². The zero-order valence-corrected chi connectivity index (χ0v) is 12.4. The van der Waals surface area contributed by atoms with Gasteiger partial charge in [0, 0.05) is 36.0 Å². The van der Waals surface area contributed by atoms with E-state index in [1.165, 1.54) is 0 Å². The topological polar surface area (TPSA) is 51.4 Å². The predicted octanol–water partition coefficient (Wildman–Crippen LogP) is 1.94. The first-order chi connectivity index (χ1) is 10.1. The van der Waals surface area contributed by atoms with Gasteiger partial charge in [0.25, 0.3) is 5.91 Å². The van der Waals surface area contributed by atoms with E-state index in [9.17, 15) is 4.79 Å². The van der Waals surface area contributed by atoms with Crippen molar-refractivity contribution in [2.45, 2.75) is 13.5 Å². The number of hydrogen-bond donors (Lipinski definition) is 1. The van der Waals surface area contributed by atoms with Crippen LogP contribution in [0.5, 0.6) is 11.5 Å². The van der Waals surface area contributed by atoms with Crippen molar-refractivity contribution in [3.8, 4) is 11.5 Å². The van der Waals surface area contributed by atoms with E-state index in [4.69, 9.17) is 9.47 Å². The second-order valence-electron chi connectivity index (χ2n) is 4.70. The molecular weight excluding hydrogens is 268 g/mol. The maximum absolute atomic E-state index is 12.1. The quantitative estimate of drug-likeness (QED) is 0.855. The molecule has 0 aliphatic carbocycles. The molecule has 0 aliphatic heterocycles. The second-order valence-corrected chi connectivity index (χ2v) is 4.70. The van der Waals surface area contributed by atoms with Gasteiger partial charge in [-0.15, -0.1) is 0 Å². The fourth-order valence-corrected chi connectivity index (χ4v) is 1.88. The Labute approximate surface area is 124 Å². The summed E-state index contributed by atoms with van der Waals surface area (Å²) >= 11 is 0. The van der Waals surface area contributed by atoms with Gasteiger partial charge in [-0.2, -0.15) is 4.57 Å². The van der Waals surface area contributed by atoms with Crippen LogP contribution in [0.15, 0.2) is 42.7 Å². The van der Waals surface area contributed by atoms with Crippen molar-refractivity contribution in [1.29, 1.82) is 0 Å². The summed E-state index contributed by atoms with van der Waals surface area (Å²) in [6.07, 6.45) is 3.75. The summed E-state index contributed by atoms with van der Waals surface area (Å²) in [6.45, 7) is 2.26. The molecule has 2 rings (SSSR count). The third kappa shape index (κ3) is 4.21. The molecule has 21 heavy (non-hydrogen) atoms. The standard InChI is InChI=1S/C16H18N2O3/c1-12-4-6-18(7-5-12)11-16(19)17-13-8-14(20-2)10-15(9-13)21-3/h4-10H,11H2,1-3H3/p+1. The summed E-state index contributed by atoms with van der Waals surface area (Å²) in [7, 11) is 3.14. The highest BCUT2D eigenvalue weighted by atomic mass is 16.5. The zero-order chi connectivity index (χ0) is 15.2. The summed E-state index contributed by atoms with van der Waals surface area (Å²) in [4.78, 5) is 12.1. The number of aryl methyl sites for hydroxylation is 1. The predicted molar refractivity (Wildman–Crippen MR) is 79.5 cm³/mol. The molecule has 1 heterocycles. The number of nitrogens with one attached hydrogen (secondary N) is 1. The smallest absolute Gasteiger partial charge is 0.290 e. The van der Waals surface area contributed by atoms with E-state index in [1.807, 2.05) is 36.0 Å². The molecule has 5 nitrogen and oxygen atoms in total. The third-order valence-electron chi connectivity index (χ3n) is 3.02. The lowest BCUT2D eigenvalue weighted by atomic mass is 10.2. The molecule has 0 atom stereocenters. The maximum atomic E-state index is 12.1. The number of carbonyl (C=O) groups is 1. The number of carbonyl (C=O) groups excluding carboxylic acids is 1. The average molecular weight is 287 g/mol. The van der Waals surface area contributed by atoms with Crippen LogP contribution in [0, 0.1) is 6.92 Å². The number of amides is 1. The molecule has 0 aliphatic rings. The number of aromatic nitrogens is 1. The summed E-state index contributed by atoms with van der Waals surface area (Å²) in [6, 6.07) is 9.18. The van der Waals surface area contributed by atoms with E-state index in [0.717, 1.165) is 5.56 Å². The Balaban J connectivity index is 2.06.